The van der Waals surface area contributed by atoms with E-state index in [1.54, 1.807) is 0 Å². The van der Waals surface area contributed by atoms with Gasteiger partial charge in [-0.25, -0.2) is 15.0 Å². The summed E-state index contributed by atoms with van der Waals surface area (Å²) in [5.74, 6) is 1.91. The molecule has 0 N–H and O–H groups in total. The topological polar surface area (TPSA) is 43.6 Å². The zero-order chi connectivity index (χ0) is 45.8. The van der Waals surface area contributed by atoms with Crippen molar-refractivity contribution in [3.05, 3.63) is 264 Å². The molecule has 324 valence electrons. The van der Waals surface area contributed by atoms with Crippen LogP contribution in [0.1, 0.15) is 47.2 Å². The van der Waals surface area contributed by atoms with E-state index in [0.717, 1.165) is 38.8 Å². The Bertz CT molecular complexity index is 3950. The summed E-state index contributed by atoms with van der Waals surface area (Å²) in [5.41, 5.74) is 18.3. The molecule has 0 spiro atoms. The van der Waals surface area contributed by atoms with Gasteiger partial charge in [0.2, 0.25) is 0 Å². The van der Waals surface area contributed by atoms with Gasteiger partial charge >= 0.3 is 0 Å². The molecule has 0 atom stereocenters. The number of hydrogen-bond acceptors (Lipinski definition) is 3. The largest absolute Gasteiger partial charge is 0.309 e. The Labute approximate surface area is 400 Å². The van der Waals surface area contributed by atoms with Crippen molar-refractivity contribution in [2.75, 3.05) is 0 Å². The third-order valence-electron chi connectivity index (χ3n) is 15.1. The highest BCUT2D eigenvalue weighted by Gasteiger charge is 2.46. The Hall–Kier alpha value is -8.73. The zero-order valence-electron chi connectivity index (χ0n) is 38.2. The summed E-state index contributed by atoms with van der Waals surface area (Å²) in [7, 11) is 0. The quantitative estimate of drug-likeness (QED) is 0.167. The Kier molecular flexibility index (Phi) is 8.51. The molecule has 4 nitrogen and oxygen atoms in total. The van der Waals surface area contributed by atoms with Crippen LogP contribution in [0.25, 0.3) is 94.7 Å². The van der Waals surface area contributed by atoms with Crippen LogP contribution >= 0.6 is 0 Å². The van der Waals surface area contributed by atoms with E-state index >= 15 is 0 Å². The fraction of sp³-hybridized carbons (Fsp3) is 0.0615. The second-order valence-corrected chi connectivity index (χ2v) is 19.1. The molecule has 2 aliphatic carbocycles. The first-order valence-corrected chi connectivity index (χ1v) is 23.8. The molecule has 69 heavy (non-hydrogen) atoms. The van der Waals surface area contributed by atoms with Crippen LogP contribution in [0.4, 0.5) is 0 Å². The summed E-state index contributed by atoms with van der Waals surface area (Å²) in [5, 5.41) is 4.81. The van der Waals surface area contributed by atoms with E-state index in [1.807, 2.05) is 36.4 Å². The second kappa shape index (κ2) is 14.9. The normalized spacial score (nSPS) is 13.9. The molecule has 0 unspecified atom stereocenters. The maximum atomic E-state index is 5.19. The van der Waals surface area contributed by atoms with Gasteiger partial charge in [-0.15, -0.1) is 0 Å². The van der Waals surface area contributed by atoms with E-state index in [0.29, 0.717) is 17.5 Å². The minimum Gasteiger partial charge on any atom is -0.309 e. The Morgan fingerprint density at radius 3 is 1.52 bits per heavy atom. The van der Waals surface area contributed by atoms with E-state index in [1.165, 1.54) is 71.8 Å². The standard InChI is InChI=1S/C65H44N4/c1-64(2)55-26-14-11-23-49(55)52-35-33-48(40-58(52)64)69-59-36-32-47(65(46-31-29-41-17-9-10-22-44(41)37-46)56-27-15-12-24-50(56)51-25-13-16-28-57(51)65)39-54(59)53-34-30-45(38-60(53)69)63-67-61(42-18-5-3-6-19-42)66-62(68-63)43-20-7-4-8-21-43/h3-40H,1-2H3. The Balaban J connectivity index is 1.05. The summed E-state index contributed by atoms with van der Waals surface area (Å²) in [6, 6.07) is 84.2. The molecule has 2 aromatic heterocycles. The van der Waals surface area contributed by atoms with Gasteiger partial charge in [-0.1, -0.05) is 208 Å². The smallest absolute Gasteiger partial charge is 0.164 e. The van der Waals surface area contributed by atoms with Crippen molar-refractivity contribution in [3.63, 3.8) is 0 Å². The van der Waals surface area contributed by atoms with E-state index < -0.39 is 5.41 Å². The average Bonchev–Trinajstić information content (AvgIpc) is 3.99. The minimum absolute atomic E-state index is 0.166. The molecule has 14 rings (SSSR count). The predicted molar refractivity (Wildman–Crippen MR) is 283 cm³/mol. The number of aromatic nitrogens is 4. The van der Waals surface area contributed by atoms with Crippen LogP contribution in [0.3, 0.4) is 0 Å². The van der Waals surface area contributed by atoms with Crippen molar-refractivity contribution < 1.29 is 0 Å². The first-order chi connectivity index (χ1) is 33.9. The summed E-state index contributed by atoms with van der Waals surface area (Å²) in [4.78, 5) is 15.4. The van der Waals surface area contributed by atoms with Crippen molar-refractivity contribution in [3.8, 4) is 62.1 Å². The van der Waals surface area contributed by atoms with Crippen LogP contribution in [0.15, 0.2) is 231 Å². The van der Waals surface area contributed by atoms with Crippen LogP contribution in [0.2, 0.25) is 0 Å². The fourth-order valence-corrected chi connectivity index (χ4v) is 11.9. The number of hydrogen-bond donors (Lipinski definition) is 0. The van der Waals surface area contributed by atoms with Crippen molar-refractivity contribution in [1.82, 2.24) is 19.5 Å². The molecule has 4 heteroatoms. The zero-order valence-corrected chi connectivity index (χ0v) is 38.2. The lowest BCUT2D eigenvalue weighted by Crippen LogP contribution is -2.28. The van der Waals surface area contributed by atoms with Gasteiger partial charge in [0.1, 0.15) is 0 Å². The highest BCUT2D eigenvalue weighted by atomic mass is 15.0. The molecule has 0 aliphatic heterocycles. The van der Waals surface area contributed by atoms with Gasteiger partial charge in [-0.2, -0.15) is 0 Å². The lowest BCUT2D eigenvalue weighted by atomic mass is 9.67. The van der Waals surface area contributed by atoms with Gasteiger partial charge in [0.05, 0.1) is 16.4 Å². The van der Waals surface area contributed by atoms with Crippen LogP contribution in [-0.2, 0) is 10.8 Å². The predicted octanol–water partition coefficient (Wildman–Crippen LogP) is 15.8. The number of nitrogens with zero attached hydrogens (tertiary/aromatic N) is 4. The number of fused-ring (bicyclic) bond motifs is 10. The molecule has 0 amide bonds. The number of rotatable bonds is 6. The van der Waals surface area contributed by atoms with Crippen molar-refractivity contribution in [1.29, 1.82) is 0 Å². The van der Waals surface area contributed by atoms with E-state index in [9.17, 15) is 0 Å². The maximum Gasteiger partial charge on any atom is 0.164 e. The molecule has 12 aromatic rings. The first-order valence-electron chi connectivity index (χ1n) is 23.8. The molecule has 0 saturated heterocycles. The third kappa shape index (κ3) is 5.79. The summed E-state index contributed by atoms with van der Waals surface area (Å²) >= 11 is 0. The summed E-state index contributed by atoms with van der Waals surface area (Å²) in [6.45, 7) is 4.72. The summed E-state index contributed by atoms with van der Waals surface area (Å²) in [6.07, 6.45) is 0. The van der Waals surface area contributed by atoms with Crippen LogP contribution in [-0.4, -0.2) is 19.5 Å². The molecule has 0 radical (unpaired) electrons. The highest BCUT2D eigenvalue weighted by molar-refractivity contribution is 6.11. The van der Waals surface area contributed by atoms with Crippen molar-refractivity contribution in [2.24, 2.45) is 0 Å². The lowest BCUT2D eigenvalue weighted by Gasteiger charge is -2.34. The van der Waals surface area contributed by atoms with Gasteiger partial charge in [-0.05, 0) is 103 Å². The number of benzene rings is 10. The van der Waals surface area contributed by atoms with Crippen molar-refractivity contribution >= 4 is 32.6 Å². The minimum atomic E-state index is -0.574. The van der Waals surface area contributed by atoms with Crippen LogP contribution in [0.5, 0.6) is 0 Å². The van der Waals surface area contributed by atoms with Gasteiger partial charge in [0, 0.05) is 38.6 Å². The van der Waals surface area contributed by atoms with Gasteiger partial charge in [0.15, 0.2) is 17.5 Å². The van der Waals surface area contributed by atoms with Crippen molar-refractivity contribution in [2.45, 2.75) is 24.7 Å². The van der Waals surface area contributed by atoms with Crippen LogP contribution < -0.4 is 0 Å². The van der Waals surface area contributed by atoms with Crippen LogP contribution in [0, 0.1) is 0 Å². The van der Waals surface area contributed by atoms with E-state index in [2.05, 4.69) is 213 Å². The molecule has 0 saturated carbocycles. The molecular formula is C65H44N4. The average molecular weight is 881 g/mol. The highest BCUT2D eigenvalue weighted by Crippen LogP contribution is 2.57. The van der Waals surface area contributed by atoms with Gasteiger partial charge in [-0.3, -0.25) is 0 Å². The van der Waals surface area contributed by atoms with Gasteiger partial charge in [0.25, 0.3) is 0 Å². The molecular weight excluding hydrogens is 837 g/mol. The molecule has 10 aromatic carbocycles. The summed E-state index contributed by atoms with van der Waals surface area (Å²) < 4.78 is 2.47. The maximum absolute atomic E-state index is 5.19. The third-order valence-corrected chi connectivity index (χ3v) is 15.1. The van der Waals surface area contributed by atoms with E-state index in [-0.39, 0.29) is 5.41 Å². The molecule has 0 fully saturated rings. The van der Waals surface area contributed by atoms with E-state index in [4.69, 9.17) is 15.0 Å². The molecule has 0 bridgehead atoms. The fourth-order valence-electron chi connectivity index (χ4n) is 11.9. The first kappa shape index (κ1) is 39.4. The monoisotopic (exact) mass is 880 g/mol. The molecule has 2 aliphatic rings. The Morgan fingerprint density at radius 2 is 0.855 bits per heavy atom. The lowest BCUT2D eigenvalue weighted by molar-refractivity contribution is 0.660. The second-order valence-electron chi connectivity index (χ2n) is 19.1. The SMILES string of the molecule is CC1(C)c2ccccc2-c2ccc(-n3c4ccc(C5(c6ccc7ccccc7c6)c6ccccc6-c6ccccc65)cc4c4ccc(-c5nc(-c6ccccc6)nc(-c6ccccc6)n5)cc43)cc21. The molecule has 2 heterocycles. The Morgan fingerprint density at radius 1 is 0.333 bits per heavy atom. The van der Waals surface area contributed by atoms with Gasteiger partial charge < -0.3 is 4.57 Å².